The summed E-state index contributed by atoms with van der Waals surface area (Å²) in [7, 11) is 4.33. The van der Waals surface area contributed by atoms with Crippen molar-refractivity contribution in [2.24, 2.45) is 0 Å². The Morgan fingerprint density at radius 2 is 1.75 bits per heavy atom. The third kappa shape index (κ3) is 2.36. The highest BCUT2D eigenvalue weighted by molar-refractivity contribution is 4.96. The van der Waals surface area contributed by atoms with Gasteiger partial charge in [0, 0.05) is 21.3 Å². The Balaban J connectivity index is 2.95. The first-order valence-electron chi connectivity index (χ1n) is 5.06. The fourth-order valence-electron chi connectivity index (χ4n) is 2.14. The number of ether oxygens (including phenoxy) is 4. The molecule has 1 N–H and O–H groups in total. The summed E-state index contributed by atoms with van der Waals surface area (Å²) in [5, 5.41) is 10.0. The highest BCUT2D eigenvalue weighted by Gasteiger charge is 2.52. The molecule has 5 atom stereocenters. The molecule has 96 valence electrons. The Labute approximate surface area is 94.4 Å². The van der Waals surface area contributed by atoms with Crippen LogP contribution in [-0.4, -0.2) is 63.3 Å². The Morgan fingerprint density at radius 3 is 2.12 bits per heavy atom. The lowest BCUT2D eigenvalue weighted by Gasteiger charge is -2.47. The van der Waals surface area contributed by atoms with Gasteiger partial charge in [-0.05, 0) is 6.92 Å². The van der Waals surface area contributed by atoms with Crippen LogP contribution in [0.3, 0.4) is 0 Å². The van der Waals surface area contributed by atoms with Gasteiger partial charge in [-0.3, -0.25) is 0 Å². The maximum Gasteiger partial charge on any atom is 0.192 e. The zero-order valence-corrected chi connectivity index (χ0v) is 9.97. The van der Waals surface area contributed by atoms with Crippen LogP contribution >= 0.6 is 0 Å². The molecule has 0 aromatic heterocycles. The van der Waals surface area contributed by atoms with Crippen LogP contribution in [0.25, 0.3) is 0 Å². The normalized spacial score (nSPS) is 44.6. The minimum absolute atomic E-state index is 0.584. The van der Waals surface area contributed by atoms with Gasteiger partial charge in [0.2, 0.25) is 0 Å². The number of hydrogen-bond acceptors (Lipinski definition) is 5. The van der Waals surface area contributed by atoms with Crippen molar-refractivity contribution in [3.05, 3.63) is 0 Å². The third-order valence-corrected chi connectivity index (χ3v) is 2.86. The molecule has 1 saturated heterocycles. The average Bonchev–Trinajstić information content (AvgIpc) is 2.26. The quantitative estimate of drug-likeness (QED) is 0.753. The van der Waals surface area contributed by atoms with Crippen molar-refractivity contribution in [2.45, 2.75) is 37.1 Å². The fourth-order valence-corrected chi connectivity index (χ4v) is 2.14. The van der Waals surface area contributed by atoms with E-state index in [0.29, 0.717) is 0 Å². The standard InChI is InChI=1S/C10H19FO5/c1-10(12)9(15-4)8(14-3)7(13-2)6(5-11)16-10/h6-9,12H,5H2,1-4H3/t6-,7-,8+,9+,10?/m1/s1. The highest BCUT2D eigenvalue weighted by atomic mass is 19.1. The summed E-state index contributed by atoms with van der Waals surface area (Å²) in [5.74, 6) is -1.60. The number of hydrogen-bond donors (Lipinski definition) is 1. The maximum absolute atomic E-state index is 12.8. The van der Waals surface area contributed by atoms with Crippen molar-refractivity contribution in [3.8, 4) is 0 Å². The van der Waals surface area contributed by atoms with E-state index in [-0.39, 0.29) is 0 Å². The summed E-state index contributed by atoms with van der Waals surface area (Å²) in [6.45, 7) is 0.659. The van der Waals surface area contributed by atoms with E-state index in [4.69, 9.17) is 18.9 Å². The SMILES string of the molecule is CO[C@H]1[C@H](OC)[C@H](OC)C(C)(O)O[C@@H]1CF. The molecule has 0 aromatic carbocycles. The molecule has 0 bridgehead atoms. The maximum atomic E-state index is 12.8. The van der Waals surface area contributed by atoms with E-state index in [1.807, 2.05) is 0 Å². The van der Waals surface area contributed by atoms with E-state index in [1.54, 1.807) is 0 Å². The zero-order valence-electron chi connectivity index (χ0n) is 9.97. The summed E-state index contributed by atoms with van der Waals surface area (Å²) in [6, 6.07) is 0. The number of methoxy groups -OCH3 is 3. The molecular weight excluding hydrogens is 219 g/mol. The second-order valence-corrected chi connectivity index (χ2v) is 3.92. The third-order valence-electron chi connectivity index (χ3n) is 2.86. The molecule has 1 heterocycles. The van der Waals surface area contributed by atoms with Crippen molar-refractivity contribution >= 4 is 0 Å². The van der Waals surface area contributed by atoms with Gasteiger partial charge in [0.1, 0.15) is 31.1 Å². The number of halogens is 1. The molecule has 0 amide bonds. The minimum atomic E-state index is -1.60. The van der Waals surface area contributed by atoms with Crippen molar-refractivity contribution in [1.29, 1.82) is 0 Å². The van der Waals surface area contributed by atoms with Crippen molar-refractivity contribution < 1.29 is 28.4 Å². The summed E-state index contributed by atoms with van der Waals surface area (Å²) >= 11 is 0. The fraction of sp³-hybridized carbons (Fsp3) is 1.00. The lowest BCUT2D eigenvalue weighted by atomic mass is 9.93. The van der Waals surface area contributed by atoms with Crippen molar-refractivity contribution in [2.75, 3.05) is 28.0 Å². The molecule has 5 nitrogen and oxygen atoms in total. The van der Waals surface area contributed by atoms with Crippen LogP contribution in [0.2, 0.25) is 0 Å². The molecule has 1 unspecified atom stereocenters. The van der Waals surface area contributed by atoms with Crippen LogP contribution in [0.1, 0.15) is 6.92 Å². The predicted octanol–water partition coefficient (Wildman–Crippen LogP) is 0.108. The zero-order chi connectivity index (χ0) is 12.3. The van der Waals surface area contributed by atoms with Gasteiger partial charge in [-0.1, -0.05) is 0 Å². The molecule has 16 heavy (non-hydrogen) atoms. The topological polar surface area (TPSA) is 57.2 Å². The van der Waals surface area contributed by atoms with Gasteiger partial charge >= 0.3 is 0 Å². The molecule has 0 aliphatic carbocycles. The molecule has 0 spiro atoms. The van der Waals surface area contributed by atoms with Gasteiger partial charge in [0.15, 0.2) is 5.79 Å². The Morgan fingerprint density at radius 1 is 1.19 bits per heavy atom. The van der Waals surface area contributed by atoms with Crippen LogP contribution in [0.15, 0.2) is 0 Å². The van der Waals surface area contributed by atoms with Gasteiger partial charge in [0.05, 0.1) is 0 Å². The molecule has 1 fully saturated rings. The Bertz CT molecular complexity index is 223. The van der Waals surface area contributed by atoms with E-state index in [0.717, 1.165) is 0 Å². The first kappa shape index (κ1) is 13.8. The molecule has 1 aliphatic heterocycles. The van der Waals surface area contributed by atoms with Crippen LogP contribution in [0.5, 0.6) is 0 Å². The van der Waals surface area contributed by atoms with Gasteiger partial charge in [-0.25, -0.2) is 4.39 Å². The largest absolute Gasteiger partial charge is 0.376 e. The minimum Gasteiger partial charge on any atom is -0.376 e. The molecule has 0 saturated carbocycles. The summed E-state index contributed by atoms with van der Waals surface area (Å²) in [5.41, 5.74) is 0. The van der Waals surface area contributed by atoms with Crippen LogP contribution in [-0.2, 0) is 18.9 Å². The first-order chi connectivity index (χ1) is 7.51. The first-order valence-corrected chi connectivity index (χ1v) is 5.06. The van der Waals surface area contributed by atoms with Gasteiger partial charge in [-0.15, -0.1) is 0 Å². The van der Waals surface area contributed by atoms with Crippen molar-refractivity contribution in [3.63, 3.8) is 0 Å². The second-order valence-electron chi connectivity index (χ2n) is 3.92. The molecule has 6 heteroatoms. The van der Waals surface area contributed by atoms with Gasteiger partial charge < -0.3 is 24.1 Å². The Hall–Kier alpha value is -0.270. The van der Waals surface area contributed by atoms with E-state index in [2.05, 4.69) is 0 Å². The average molecular weight is 238 g/mol. The van der Waals surface area contributed by atoms with Gasteiger partial charge in [-0.2, -0.15) is 0 Å². The predicted molar refractivity (Wildman–Crippen MR) is 53.9 cm³/mol. The summed E-state index contributed by atoms with van der Waals surface area (Å²) in [6.07, 6.45) is -2.79. The number of alkyl halides is 1. The molecule has 0 aromatic rings. The Kier molecular flexibility index (Phi) is 4.63. The van der Waals surface area contributed by atoms with Crippen LogP contribution in [0, 0.1) is 0 Å². The van der Waals surface area contributed by atoms with E-state index >= 15 is 0 Å². The summed E-state index contributed by atoms with van der Waals surface area (Å²) < 4.78 is 33.5. The lowest BCUT2D eigenvalue weighted by molar-refractivity contribution is -0.348. The second kappa shape index (κ2) is 5.37. The molecule has 1 rings (SSSR count). The van der Waals surface area contributed by atoms with Gasteiger partial charge in [0.25, 0.3) is 0 Å². The summed E-state index contributed by atoms with van der Waals surface area (Å²) in [4.78, 5) is 0. The van der Waals surface area contributed by atoms with Crippen molar-refractivity contribution in [1.82, 2.24) is 0 Å². The molecule has 0 radical (unpaired) electrons. The van der Waals surface area contributed by atoms with E-state index < -0.39 is 36.9 Å². The highest BCUT2D eigenvalue weighted by Crippen LogP contribution is 2.32. The van der Waals surface area contributed by atoms with Crippen LogP contribution < -0.4 is 0 Å². The number of aliphatic hydroxyl groups is 1. The number of rotatable bonds is 4. The van der Waals surface area contributed by atoms with E-state index in [9.17, 15) is 9.50 Å². The van der Waals surface area contributed by atoms with Crippen LogP contribution in [0.4, 0.5) is 4.39 Å². The smallest absolute Gasteiger partial charge is 0.192 e. The monoisotopic (exact) mass is 238 g/mol. The molecule has 1 aliphatic rings. The molecular formula is C10H19FO5. The van der Waals surface area contributed by atoms with E-state index in [1.165, 1.54) is 28.3 Å². The lowest BCUT2D eigenvalue weighted by Crippen LogP contribution is -2.65.